The Hall–Kier alpha value is -2.64. The molecule has 1 aromatic rings. The number of aliphatic imine (C=N–C) groups is 2. The molecule has 0 spiro atoms. The second kappa shape index (κ2) is 6.93. The zero-order chi connectivity index (χ0) is 18.9. The van der Waals surface area contributed by atoms with E-state index in [1.165, 1.54) is 0 Å². The molecule has 0 bridgehead atoms. The molecule has 1 atom stereocenters. The minimum atomic E-state index is -0.895. The summed E-state index contributed by atoms with van der Waals surface area (Å²) < 4.78 is 0. The Morgan fingerprint density at radius 1 is 1.46 bits per heavy atom. The van der Waals surface area contributed by atoms with E-state index in [0.29, 0.717) is 5.71 Å². The molecular formula is C22H25N3O. The van der Waals surface area contributed by atoms with Gasteiger partial charge in [0.15, 0.2) is 0 Å². The van der Waals surface area contributed by atoms with Crippen molar-refractivity contribution in [1.29, 1.82) is 0 Å². The Morgan fingerprint density at radius 2 is 2.23 bits per heavy atom. The molecule has 1 fully saturated rings. The standard InChI is InChI=1S/C22H25N3O/c1-6-17(23-5)8-10-20(26)16-7-9-18-15(2)25-14-22(3,4)12-11-21(25)24-19(18)13-16/h6-7,9,13,20,26H,1-2,11-12,14H2,3-5H3. The van der Waals surface area contributed by atoms with Gasteiger partial charge in [-0.15, -0.1) is 0 Å². The minimum Gasteiger partial charge on any atom is -0.376 e. The van der Waals surface area contributed by atoms with Crippen molar-refractivity contribution in [3.63, 3.8) is 0 Å². The van der Waals surface area contributed by atoms with Crippen LogP contribution in [0.1, 0.15) is 43.9 Å². The van der Waals surface area contributed by atoms with Crippen molar-refractivity contribution < 1.29 is 5.11 Å². The average molecular weight is 347 g/mol. The van der Waals surface area contributed by atoms with E-state index >= 15 is 0 Å². The van der Waals surface area contributed by atoms with Crippen molar-refractivity contribution in [2.45, 2.75) is 32.8 Å². The van der Waals surface area contributed by atoms with Crippen LogP contribution in [0.3, 0.4) is 0 Å². The first-order chi connectivity index (χ1) is 12.3. The van der Waals surface area contributed by atoms with Crippen LogP contribution < -0.4 is 0 Å². The summed E-state index contributed by atoms with van der Waals surface area (Å²) in [7, 11) is 1.65. The zero-order valence-corrected chi connectivity index (χ0v) is 15.7. The predicted octanol–water partition coefficient (Wildman–Crippen LogP) is 4.12. The maximum absolute atomic E-state index is 10.4. The molecule has 0 aromatic heterocycles. The quantitative estimate of drug-likeness (QED) is 0.646. The molecule has 1 aromatic carbocycles. The van der Waals surface area contributed by atoms with Crippen molar-refractivity contribution in [3.8, 4) is 11.8 Å². The molecule has 26 heavy (non-hydrogen) atoms. The summed E-state index contributed by atoms with van der Waals surface area (Å²) in [5, 5.41) is 10.4. The summed E-state index contributed by atoms with van der Waals surface area (Å²) in [5.41, 5.74) is 4.38. The van der Waals surface area contributed by atoms with Gasteiger partial charge in [-0.2, -0.15) is 0 Å². The largest absolute Gasteiger partial charge is 0.376 e. The number of nitrogens with zero attached hydrogens (tertiary/aromatic N) is 3. The van der Waals surface area contributed by atoms with Crippen molar-refractivity contribution in [1.82, 2.24) is 4.90 Å². The van der Waals surface area contributed by atoms with Gasteiger partial charge in [0, 0.05) is 31.3 Å². The van der Waals surface area contributed by atoms with Crippen LogP contribution in [0.5, 0.6) is 0 Å². The Labute approximate surface area is 155 Å². The van der Waals surface area contributed by atoms with Gasteiger partial charge in [-0.05, 0) is 35.5 Å². The molecule has 2 aliphatic heterocycles. The monoisotopic (exact) mass is 347 g/mol. The van der Waals surface area contributed by atoms with Gasteiger partial charge in [-0.25, -0.2) is 4.99 Å². The summed E-state index contributed by atoms with van der Waals surface area (Å²) in [6.07, 6.45) is 2.73. The van der Waals surface area contributed by atoms with Gasteiger partial charge in [0.1, 0.15) is 17.7 Å². The van der Waals surface area contributed by atoms with E-state index in [1.807, 2.05) is 18.2 Å². The second-order valence-electron chi connectivity index (χ2n) is 7.49. The third-order valence-corrected chi connectivity index (χ3v) is 4.92. The lowest BCUT2D eigenvalue weighted by Gasteiger charge is -2.43. The lowest BCUT2D eigenvalue weighted by Crippen LogP contribution is -2.43. The van der Waals surface area contributed by atoms with Gasteiger partial charge in [-0.1, -0.05) is 45.1 Å². The maximum Gasteiger partial charge on any atom is 0.140 e. The van der Waals surface area contributed by atoms with E-state index in [0.717, 1.165) is 47.7 Å². The van der Waals surface area contributed by atoms with Gasteiger partial charge in [-0.3, -0.25) is 4.99 Å². The third-order valence-electron chi connectivity index (χ3n) is 4.92. The van der Waals surface area contributed by atoms with Crippen LogP contribution in [0.4, 0.5) is 5.69 Å². The SMILES string of the molecule is C=CC(C#CC(O)c1ccc2c(c1)N=C1CCC(C)(C)CN1C2=C)=NC. The number of aliphatic hydroxyl groups excluding tert-OH is 1. The molecule has 1 N–H and O–H groups in total. The number of benzene rings is 1. The van der Waals surface area contributed by atoms with Crippen LogP contribution in [-0.2, 0) is 0 Å². The first kappa shape index (κ1) is 18.2. The second-order valence-corrected chi connectivity index (χ2v) is 7.49. The fourth-order valence-corrected chi connectivity index (χ4v) is 3.31. The molecule has 0 aliphatic carbocycles. The van der Waals surface area contributed by atoms with E-state index in [1.54, 1.807) is 13.1 Å². The molecule has 2 heterocycles. The Kier molecular flexibility index (Phi) is 4.84. The number of allylic oxidation sites excluding steroid dienone is 1. The van der Waals surface area contributed by atoms with Crippen LogP contribution >= 0.6 is 0 Å². The Bertz CT molecular complexity index is 880. The predicted molar refractivity (Wildman–Crippen MR) is 109 cm³/mol. The molecular weight excluding hydrogens is 322 g/mol. The number of hydrogen-bond donors (Lipinski definition) is 1. The highest BCUT2D eigenvalue weighted by molar-refractivity contribution is 6.08. The smallest absolute Gasteiger partial charge is 0.140 e. The van der Waals surface area contributed by atoms with Gasteiger partial charge < -0.3 is 10.0 Å². The lowest BCUT2D eigenvalue weighted by molar-refractivity contribution is 0.238. The molecule has 2 aliphatic rings. The molecule has 4 heteroatoms. The van der Waals surface area contributed by atoms with Crippen LogP contribution in [-0.4, -0.2) is 35.1 Å². The van der Waals surface area contributed by atoms with E-state index in [2.05, 4.69) is 48.7 Å². The number of rotatable bonds is 2. The number of hydrogen-bond acceptors (Lipinski definition) is 4. The summed E-state index contributed by atoms with van der Waals surface area (Å²) in [5.74, 6) is 6.70. The minimum absolute atomic E-state index is 0.259. The van der Waals surface area contributed by atoms with Gasteiger partial charge in [0.25, 0.3) is 0 Å². The van der Waals surface area contributed by atoms with Crippen LogP contribution in [0.25, 0.3) is 5.70 Å². The molecule has 4 nitrogen and oxygen atoms in total. The highest BCUT2D eigenvalue weighted by Gasteiger charge is 2.34. The lowest BCUT2D eigenvalue weighted by atomic mass is 9.82. The van der Waals surface area contributed by atoms with Crippen molar-refractivity contribution >= 4 is 22.9 Å². The first-order valence-corrected chi connectivity index (χ1v) is 8.82. The topological polar surface area (TPSA) is 48.2 Å². The third kappa shape index (κ3) is 3.49. The van der Waals surface area contributed by atoms with Crippen molar-refractivity contribution in [2.75, 3.05) is 13.6 Å². The molecule has 0 radical (unpaired) electrons. The van der Waals surface area contributed by atoms with Crippen LogP contribution in [0.15, 0.2) is 47.4 Å². The molecule has 3 rings (SSSR count). The van der Waals surface area contributed by atoms with E-state index in [9.17, 15) is 5.11 Å². The highest BCUT2D eigenvalue weighted by atomic mass is 16.3. The molecule has 1 saturated heterocycles. The zero-order valence-electron chi connectivity index (χ0n) is 15.7. The van der Waals surface area contributed by atoms with Gasteiger partial charge in [0.05, 0.1) is 5.69 Å². The molecule has 134 valence electrons. The Morgan fingerprint density at radius 3 is 2.92 bits per heavy atom. The first-order valence-electron chi connectivity index (χ1n) is 8.82. The summed E-state index contributed by atoms with van der Waals surface area (Å²) in [6.45, 7) is 13.4. The van der Waals surface area contributed by atoms with Crippen molar-refractivity contribution in [3.05, 3.63) is 48.6 Å². The maximum atomic E-state index is 10.4. The van der Waals surface area contributed by atoms with Crippen molar-refractivity contribution in [2.24, 2.45) is 15.4 Å². The van der Waals surface area contributed by atoms with Gasteiger partial charge in [0.2, 0.25) is 0 Å². The van der Waals surface area contributed by atoms with Crippen LogP contribution in [0.2, 0.25) is 0 Å². The van der Waals surface area contributed by atoms with E-state index in [-0.39, 0.29) is 5.41 Å². The average Bonchev–Trinajstić information content (AvgIpc) is 2.62. The molecule has 0 amide bonds. The van der Waals surface area contributed by atoms with Gasteiger partial charge >= 0.3 is 0 Å². The number of piperidine rings is 1. The van der Waals surface area contributed by atoms with E-state index < -0.39 is 6.10 Å². The Balaban J connectivity index is 1.91. The summed E-state index contributed by atoms with van der Waals surface area (Å²) in [4.78, 5) is 11.1. The highest BCUT2D eigenvalue weighted by Crippen LogP contribution is 2.41. The fourth-order valence-electron chi connectivity index (χ4n) is 3.31. The summed E-state index contributed by atoms with van der Waals surface area (Å²) in [6, 6.07) is 5.76. The summed E-state index contributed by atoms with van der Waals surface area (Å²) >= 11 is 0. The normalized spacial score (nSPS) is 19.5. The van der Waals surface area contributed by atoms with Crippen LogP contribution in [0, 0.1) is 17.3 Å². The van der Waals surface area contributed by atoms with E-state index in [4.69, 9.17) is 4.99 Å². The number of fused-ring (bicyclic) bond motifs is 2. The molecule has 1 unspecified atom stereocenters. The molecule has 0 saturated carbocycles. The number of aliphatic hydroxyl groups is 1. The number of amidine groups is 1. The fraction of sp³-hybridized carbons (Fsp3) is 0.364.